The van der Waals surface area contributed by atoms with Gasteiger partial charge in [-0.1, -0.05) is 29.4 Å². The third-order valence-corrected chi connectivity index (χ3v) is 10.7. The van der Waals surface area contributed by atoms with Crippen molar-refractivity contribution in [3.63, 3.8) is 0 Å². The fraction of sp³-hybridized carbons (Fsp3) is 0.567. The first-order valence-corrected chi connectivity index (χ1v) is 16.0. The van der Waals surface area contributed by atoms with Crippen molar-refractivity contribution in [2.75, 3.05) is 45.1 Å². The van der Waals surface area contributed by atoms with Gasteiger partial charge in [-0.15, -0.1) is 0 Å². The number of nitrogens with one attached hydrogen (secondary N) is 1. The van der Waals surface area contributed by atoms with E-state index >= 15 is 0 Å². The molecule has 2 aromatic rings. The van der Waals surface area contributed by atoms with Gasteiger partial charge in [0, 0.05) is 65.9 Å². The molecule has 1 aromatic heterocycles. The Morgan fingerprint density at radius 1 is 1.17 bits per heavy atom. The van der Waals surface area contributed by atoms with Crippen LogP contribution in [0, 0.1) is 11.7 Å². The second-order valence-corrected chi connectivity index (χ2v) is 13.5. The number of aliphatic imine (C=N–C) groups is 2. The molecule has 1 aromatic carbocycles. The SMILES string of the molecule is Nc1nc2c(/C(CF)=C(Cl)/C=C3\CN=C(CC4CC5CCCCN5C4)N=C3N3C4CCC3CNC4)ccc(F)c2s1. The van der Waals surface area contributed by atoms with Crippen LogP contribution in [0.5, 0.6) is 0 Å². The standard InChI is InChI=1S/C30H36ClF2N7S/c31-24(23(12-32)22-6-7-25(33)28-27(22)38-30(34)41-28)11-18-13-36-26(10-17-9-19-3-1-2-8-39(19)16-17)37-29(18)40-20-4-5-21(40)15-35-14-20/h6-7,11,17,19-21,35H,1-5,8-10,12-16H2,(H2,34,38)/b18-11+,24-23-. The van der Waals surface area contributed by atoms with Gasteiger partial charge < -0.3 is 20.9 Å². The zero-order chi connectivity index (χ0) is 28.1. The lowest BCUT2D eigenvalue weighted by atomic mass is 9.97. The Labute approximate surface area is 248 Å². The smallest absolute Gasteiger partial charge is 0.181 e. The first kappa shape index (κ1) is 27.4. The molecule has 7 rings (SSSR count). The van der Waals surface area contributed by atoms with E-state index in [0.717, 1.165) is 73.5 Å². The van der Waals surface area contributed by atoms with Gasteiger partial charge in [-0.25, -0.2) is 18.8 Å². The number of allylic oxidation sites excluding steroid dienone is 3. The largest absolute Gasteiger partial charge is 0.375 e. The Hall–Kier alpha value is -2.40. The van der Waals surface area contributed by atoms with Crippen molar-refractivity contribution in [3.8, 4) is 0 Å². The number of thiazole rings is 1. The minimum absolute atomic E-state index is 0.232. The van der Waals surface area contributed by atoms with Gasteiger partial charge in [0.25, 0.3) is 0 Å². The van der Waals surface area contributed by atoms with E-state index in [1.807, 2.05) is 6.08 Å². The summed E-state index contributed by atoms with van der Waals surface area (Å²) >= 11 is 7.92. The zero-order valence-electron chi connectivity index (χ0n) is 23.1. The van der Waals surface area contributed by atoms with E-state index in [-0.39, 0.29) is 15.7 Å². The van der Waals surface area contributed by atoms with Crippen molar-refractivity contribution in [1.29, 1.82) is 0 Å². The maximum Gasteiger partial charge on any atom is 0.181 e. The number of nitrogens with two attached hydrogens (primary N) is 1. The van der Waals surface area contributed by atoms with Crippen LogP contribution < -0.4 is 11.1 Å². The molecule has 4 unspecified atom stereocenters. The molecule has 4 atom stereocenters. The second-order valence-electron chi connectivity index (χ2n) is 12.0. The number of hydrogen-bond acceptors (Lipinski definition) is 8. The molecule has 5 aliphatic rings. The zero-order valence-corrected chi connectivity index (χ0v) is 24.7. The highest BCUT2D eigenvalue weighted by Gasteiger charge is 2.41. The van der Waals surface area contributed by atoms with Gasteiger partial charge >= 0.3 is 0 Å². The van der Waals surface area contributed by atoms with Gasteiger partial charge in [0.05, 0.1) is 16.8 Å². The molecule has 6 heterocycles. The van der Waals surface area contributed by atoms with Crippen LogP contribution >= 0.6 is 22.9 Å². The van der Waals surface area contributed by atoms with Gasteiger partial charge in [0.15, 0.2) is 5.13 Å². The summed E-state index contributed by atoms with van der Waals surface area (Å²) < 4.78 is 29.3. The molecular formula is C30H36ClF2N7S. The molecule has 41 heavy (non-hydrogen) atoms. The van der Waals surface area contributed by atoms with Crippen LogP contribution in [0.3, 0.4) is 0 Å². The number of fused-ring (bicyclic) bond motifs is 4. The molecule has 0 saturated carbocycles. The molecule has 7 nitrogen and oxygen atoms in total. The van der Waals surface area contributed by atoms with Crippen LogP contribution in [0.2, 0.25) is 0 Å². The number of rotatable bonds is 5. The van der Waals surface area contributed by atoms with Gasteiger partial charge in [-0.05, 0) is 62.8 Å². The molecule has 4 saturated heterocycles. The molecule has 0 aliphatic carbocycles. The predicted octanol–water partition coefficient (Wildman–Crippen LogP) is 5.37. The summed E-state index contributed by atoms with van der Waals surface area (Å²) in [4.78, 5) is 19.6. The Morgan fingerprint density at radius 2 is 2.00 bits per heavy atom. The van der Waals surface area contributed by atoms with Crippen LogP contribution in [0.1, 0.15) is 50.5 Å². The minimum atomic E-state index is -0.819. The molecule has 4 fully saturated rings. The Morgan fingerprint density at radius 3 is 2.78 bits per heavy atom. The Bertz CT molecular complexity index is 1440. The normalized spacial score (nSPS) is 30.0. The van der Waals surface area contributed by atoms with Crippen molar-refractivity contribution >= 4 is 55.5 Å². The highest BCUT2D eigenvalue weighted by Crippen LogP contribution is 2.37. The van der Waals surface area contributed by atoms with Crippen LogP contribution in [-0.4, -0.2) is 84.0 Å². The van der Waals surface area contributed by atoms with Crippen molar-refractivity contribution < 1.29 is 8.78 Å². The number of piperidine rings is 1. The first-order chi connectivity index (χ1) is 20.0. The molecule has 5 aliphatic heterocycles. The van der Waals surface area contributed by atoms with E-state index in [4.69, 9.17) is 27.3 Å². The maximum absolute atomic E-state index is 14.6. The number of amidine groups is 2. The maximum atomic E-state index is 14.6. The monoisotopic (exact) mass is 599 g/mol. The number of aromatic nitrogens is 1. The summed E-state index contributed by atoms with van der Waals surface area (Å²) in [6.07, 6.45) is 10.1. The average molecular weight is 600 g/mol. The fourth-order valence-electron chi connectivity index (χ4n) is 7.55. The number of benzene rings is 1. The fourth-order valence-corrected chi connectivity index (χ4v) is 8.60. The third kappa shape index (κ3) is 5.21. The quantitative estimate of drug-likeness (QED) is 0.483. The number of piperazine rings is 1. The number of anilines is 1. The lowest BCUT2D eigenvalue weighted by molar-refractivity contribution is 0.196. The summed E-state index contributed by atoms with van der Waals surface area (Å²) in [5, 5.41) is 4.04. The van der Waals surface area contributed by atoms with Crippen molar-refractivity contribution in [1.82, 2.24) is 20.1 Å². The lowest BCUT2D eigenvalue weighted by Gasteiger charge is -2.39. The Balaban J connectivity index is 1.22. The average Bonchev–Trinajstić information content (AvgIpc) is 3.63. The van der Waals surface area contributed by atoms with E-state index < -0.39 is 12.5 Å². The molecule has 0 amide bonds. The number of halogens is 3. The molecule has 218 valence electrons. The highest BCUT2D eigenvalue weighted by atomic mass is 35.5. The van der Waals surface area contributed by atoms with E-state index in [9.17, 15) is 8.78 Å². The topological polar surface area (TPSA) is 82.1 Å². The molecular weight excluding hydrogens is 564 g/mol. The third-order valence-electron chi connectivity index (χ3n) is 9.46. The van der Waals surface area contributed by atoms with Crippen molar-refractivity contribution in [2.24, 2.45) is 15.9 Å². The first-order valence-electron chi connectivity index (χ1n) is 14.8. The van der Waals surface area contributed by atoms with Crippen LogP contribution in [0.4, 0.5) is 13.9 Å². The summed E-state index contributed by atoms with van der Waals surface area (Å²) in [6.45, 7) is 3.83. The van der Waals surface area contributed by atoms with Crippen molar-refractivity contribution in [2.45, 2.75) is 63.1 Å². The van der Waals surface area contributed by atoms with Crippen molar-refractivity contribution in [3.05, 3.63) is 40.2 Å². The van der Waals surface area contributed by atoms with Gasteiger partial charge in [0.1, 0.15) is 24.2 Å². The summed E-state index contributed by atoms with van der Waals surface area (Å²) in [5.41, 5.74) is 7.82. The Kier molecular flexibility index (Phi) is 7.60. The second kappa shape index (κ2) is 11.4. The molecule has 0 radical (unpaired) electrons. The molecule has 0 spiro atoms. The van der Waals surface area contributed by atoms with Crippen LogP contribution in [0.15, 0.2) is 38.8 Å². The van der Waals surface area contributed by atoms with Gasteiger partial charge in [0.2, 0.25) is 0 Å². The van der Waals surface area contributed by atoms with E-state index in [1.54, 1.807) is 0 Å². The summed E-state index contributed by atoms with van der Waals surface area (Å²) in [5.74, 6) is 2.00. The van der Waals surface area contributed by atoms with E-state index in [2.05, 4.69) is 20.1 Å². The number of hydrogen-bond donors (Lipinski definition) is 2. The number of nitrogen functional groups attached to an aromatic ring is 1. The minimum Gasteiger partial charge on any atom is -0.375 e. The lowest BCUT2D eigenvalue weighted by Crippen LogP contribution is -2.55. The van der Waals surface area contributed by atoms with Gasteiger partial charge in [-0.2, -0.15) is 0 Å². The summed E-state index contributed by atoms with van der Waals surface area (Å²) in [7, 11) is 0. The van der Waals surface area contributed by atoms with Gasteiger partial charge in [-0.3, -0.25) is 4.99 Å². The number of nitrogens with zero attached hydrogens (tertiary/aromatic N) is 5. The highest BCUT2D eigenvalue weighted by molar-refractivity contribution is 7.22. The molecule has 3 N–H and O–H groups in total. The molecule has 2 bridgehead atoms. The summed E-state index contributed by atoms with van der Waals surface area (Å²) in [6, 6.07) is 4.31. The van der Waals surface area contributed by atoms with E-state index in [0.29, 0.717) is 40.3 Å². The van der Waals surface area contributed by atoms with E-state index in [1.165, 1.54) is 44.4 Å². The number of alkyl halides is 1. The van der Waals surface area contributed by atoms with Crippen LogP contribution in [0.25, 0.3) is 15.8 Å². The molecule has 11 heteroatoms. The van der Waals surface area contributed by atoms with Crippen LogP contribution in [-0.2, 0) is 0 Å². The predicted molar refractivity (Wildman–Crippen MR) is 164 cm³/mol.